The van der Waals surface area contributed by atoms with Crippen molar-refractivity contribution in [2.45, 2.75) is 6.92 Å². The summed E-state index contributed by atoms with van der Waals surface area (Å²) in [4.78, 5) is 25.6. The fourth-order valence-corrected chi connectivity index (χ4v) is 1.79. The molecule has 0 fully saturated rings. The number of esters is 1. The minimum absolute atomic E-state index is 0.131. The van der Waals surface area contributed by atoms with Gasteiger partial charge in [0.05, 0.1) is 11.5 Å². The first-order chi connectivity index (χ1) is 8.21. The fourth-order valence-electron chi connectivity index (χ4n) is 1.03. The zero-order chi connectivity index (χ0) is 12.7. The Kier molecular flexibility index (Phi) is 4.93. The summed E-state index contributed by atoms with van der Waals surface area (Å²) in [6, 6.07) is 3.27. The lowest BCUT2D eigenvalue weighted by Gasteiger charge is -1.99. The van der Waals surface area contributed by atoms with Crippen molar-refractivity contribution in [1.82, 2.24) is 0 Å². The first kappa shape index (κ1) is 13.0. The molecule has 0 saturated heterocycles. The summed E-state index contributed by atoms with van der Waals surface area (Å²) in [5.74, 6) is -0.689. The van der Waals surface area contributed by atoms with Crippen LogP contribution in [0.4, 0.5) is 0 Å². The maximum atomic E-state index is 11.4. The molecule has 1 aromatic rings. The Bertz CT molecular complexity index is 501. The lowest BCUT2D eigenvalue weighted by atomic mass is 10.3. The molecule has 17 heavy (non-hydrogen) atoms. The topological polar surface area (TPSA) is 92.1 Å². The lowest BCUT2D eigenvalue weighted by molar-refractivity contribution is -0.138. The van der Waals surface area contributed by atoms with E-state index in [1.165, 1.54) is 17.4 Å². The Balaban J connectivity index is 3.00. The zero-order valence-electron chi connectivity index (χ0n) is 8.99. The second-order valence-electron chi connectivity index (χ2n) is 2.80. The SMILES string of the molecule is CCOC(=O)/C(=C/c1ccc(C=O)s1)N=[N+]=[N-]. The van der Waals surface area contributed by atoms with Crippen LogP contribution in [-0.2, 0) is 9.53 Å². The van der Waals surface area contributed by atoms with E-state index in [4.69, 9.17) is 10.3 Å². The van der Waals surface area contributed by atoms with E-state index in [2.05, 4.69) is 10.0 Å². The van der Waals surface area contributed by atoms with Gasteiger partial charge < -0.3 is 4.74 Å². The molecule has 0 aromatic carbocycles. The largest absolute Gasteiger partial charge is 0.462 e. The van der Waals surface area contributed by atoms with E-state index in [1.54, 1.807) is 19.1 Å². The minimum Gasteiger partial charge on any atom is -0.462 e. The van der Waals surface area contributed by atoms with Crippen LogP contribution in [0.2, 0.25) is 0 Å². The first-order valence-electron chi connectivity index (χ1n) is 4.70. The number of carbonyl (C=O) groups excluding carboxylic acids is 2. The van der Waals surface area contributed by atoms with Gasteiger partial charge in [-0.1, -0.05) is 5.11 Å². The average Bonchev–Trinajstić information content (AvgIpc) is 2.76. The standard InChI is InChI=1S/C10H9N3O3S/c1-2-16-10(15)9(12-13-11)5-7-3-4-8(6-14)17-7/h3-6H,2H2,1H3/b9-5-. The van der Waals surface area contributed by atoms with Gasteiger partial charge in [-0.3, -0.25) is 4.79 Å². The molecule has 0 bridgehead atoms. The van der Waals surface area contributed by atoms with Crippen molar-refractivity contribution in [3.63, 3.8) is 0 Å². The monoisotopic (exact) mass is 251 g/mol. The van der Waals surface area contributed by atoms with Crippen molar-refractivity contribution < 1.29 is 14.3 Å². The number of nitrogens with zero attached hydrogens (tertiary/aromatic N) is 3. The second kappa shape index (κ2) is 6.47. The van der Waals surface area contributed by atoms with Crippen LogP contribution in [0.5, 0.6) is 0 Å². The van der Waals surface area contributed by atoms with E-state index in [9.17, 15) is 9.59 Å². The summed E-state index contributed by atoms with van der Waals surface area (Å²) in [5, 5.41) is 3.26. The zero-order valence-corrected chi connectivity index (χ0v) is 9.81. The highest BCUT2D eigenvalue weighted by atomic mass is 32.1. The van der Waals surface area contributed by atoms with Crippen LogP contribution in [0.15, 0.2) is 22.9 Å². The molecule has 0 aliphatic rings. The Morgan fingerprint density at radius 1 is 1.59 bits per heavy atom. The molecule has 0 spiro atoms. The van der Waals surface area contributed by atoms with Gasteiger partial charge in [-0.2, -0.15) is 0 Å². The summed E-state index contributed by atoms with van der Waals surface area (Å²) >= 11 is 1.19. The molecule has 0 amide bonds. The van der Waals surface area contributed by atoms with Crippen LogP contribution in [0.1, 0.15) is 21.5 Å². The smallest absolute Gasteiger partial charge is 0.340 e. The van der Waals surface area contributed by atoms with E-state index >= 15 is 0 Å². The van der Waals surface area contributed by atoms with Crippen LogP contribution < -0.4 is 0 Å². The van der Waals surface area contributed by atoms with Gasteiger partial charge in [0.15, 0.2) is 6.29 Å². The van der Waals surface area contributed by atoms with Crippen LogP contribution in [0.3, 0.4) is 0 Å². The molecule has 0 unspecified atom stereocenters. The fraction of sp³-hybridized carbons (Fsp3) is 0.200. The molecule has 0 saturated carbocycles. The lowest BCUT2D eigenvalue weighted by Crippen LogP contribution is -2.05. The summed E-state index contributed by atoms with van der Waals surface area (Å²) in [6.45, 7) is 1.85. The van der Waals surface area contributed by atoms with E-state index < -0.39 is 5.97 Å². The van der Waals surface area contributed by atoms with Gasteiger partial charge >= 0.3 is 5.97 Å². The Labute approximate surface area is 101 Å². The maximum absolute atomic E-state index is 11.4. The summed E-state index contributed by atoms with van der Waals surface area (Å²) < 4.78 is 4.72. The molecule has 0 aliphatic heterocycles. The van der Waals surface area contributed by atoms with Crippen molar-refractivity contribution in [3.05, 3.63) is 38.0 Å². The molecule has 0 atom stereocenters. The number of thiophene rings is 1. The molecule has 0 aliphatic carbocycles. The highest BCUT2D eigenvalue weighted by Gasteiger charge is 2.09. The van der Waals surface area contributed by atoms with Crippen molar-refractivity contribution in [2.24, 2.45) is 5.11 Å². The van der Waals surface area contributed by atoms with E-state index in [0.717, 1.165) is 0 Å². The number of azide groups is 1. The van der Waals surface area contributed by atoms with Crippen LogP contribution in [-0.4, -0.2) is 18.9 Å². The van der Waals surface area contributed by atoms with Crippen molar-refractivity contribution in [1.29, 1.82) is 0 Å². The van der Waals surface area contributed by atoms with E-state index in [-0.39, 0.29) is 12.3 Å². The molecule has 1 aromatic heterocycles. The normalized spacial score (nSPS) is 10.5. The average molecular weight is 251 g/mol. The number of hydrogen-bond donors (Lipinski definition) is 0. The number of ether oxygens (including phenoxy) is 1. The van der Waals surface area contributed by atoms with E-state index in [1.807, 2.05) is 0 Å². The summed E-state index contributed by atoms with van der Waals surface area (Å²) in [6.07, 6.45) is 2.09. The number of hydrogen-bond acceptors (Lipinski definition) is 5. The third-order valence-electron chi connectivity index (χ3n) is 1.68. The first-order valence-corrected chi connectivity index (χ1v) is 5.51. The van der Waals surface area contributed by atoms with Gasteiger partial charge in [0, 0.05) is 9.79 Å². The van der Waals surface area contributed by atoms with Gasteiger partial charge in [0.1, 0.15) is 5.70 Å². The van der Waals surface area contributed by atoms with Gasteiger partial charge in [0.2, 0.25) is 0 Å². The van der Waals surface area contributed by atoms with Crippen molar-refractivity contribution >= 4 is 29.7 Å². The van der Waals surface area contributed by atoms with Crippen molar-refractivity contribution in [2.75, 3.05) is 6.61 Å². The second-order valence-corrected chi connectivity index (χ2v) is 3.94. The van der Waals surface area contributed by atoms with Crippen molar-refractivity contribution in [3.8, 4) is 0 Å². The van der Waals surface area contributed by atoms with E-state index in [0.29, 0.717) is 16.0 Å². The van der Waals surface area contributed by atoms with Gasteiger partial charge in [-0.25, -0.2) is 4.79 Å². The molecular formula is C10H9N3O3S. The Hall–Kier alpha value is -2.11. The van der Waals surface area contributed by atoms with Gasteiger partial charge in [0.25, 0.3) is 0 Å². The number of rotatable bonds is 5. The molecule has 0 N–H and O–H groups in total. The predicted octanol–water partition coefficient (Wildman–Crippen LogP) is 2.77. The molecule has 7 heteroatoms. The minimum atomic E-state index is -0.689. The molecular weight excluding hydrogens is 242 g/mol. The molecule has 6 nitrogen and oxygen atoms in total. The third kappa shape index (κ3) is 3.75. The molecule has 88 valence electrons. The number of carbonyl (C=O) groups is 2. The summed E-state index contributed by atoms with van der Waals surface area (Å²) in [7, 11) is 0. The highest BCUT2D eigenvalue weighted by Crippen LogP contribution is 2.19. The van der Waals surface area contributed by atoms with Crippen LogP contribution in [0.25, 0.3) is 16.5 Å². The molecule has 0 radical (unpaired) electrons. The van der Waals surface area contributed by atoms with Crippen LogP contribution >= 0.6 is 11.3 Å². The number of aldehydes is 1. The maximum Gasteiger partial charge on any atom is 0.340 e. The van der Waals surface area contributed by atoms with Gasteiger partial charge in [-0.05, 0) is 30.7 Å². The summed E-state index contributed by atoms with van der Waals surface area (Å²) in [5.41, 5.74) is 8.21. The Morgan fingerprint density at radius 2 is 2.29 bits per heavy atom. The van der Waals surface area contributed by atoms with Crippen LogP contribution in [0, 0.1) is 0 Å². The van der Waals surface area contributed by atoms with Gasteiger partial charge in [-0.15, -0.1) is 11.3 Å². The quantitative estimate of drug-likeness (QED) is 0.201. The Morgan fingerprint density at radius 3 is 2.82 bits per heavy atom. The molecule has 1 rings (SSSR count). The molecule has 1 heterocycles. The third-order valence-corrected chi connectivity index (χ3v) is 2.64. The highest BCUT2D eigenvalue weighted by molar-refractivity contribution is 7.14. The predicted molar refractivity (Wildman–Crippen MR) is 63.5 cm³/mol.